The third-order valence-electron chi connectivity index (χ3n) is 3.96. The van der Waals surface area contributed by atoms with Crippen molar-refractivity contribution in [1.82, 2.24) is 0 Å². The van der Waals surface area contributed by atoms with E-state index >= 15 is 0 Å². The van der Waals surface area contributed by atoms with E-state index in [9.17, 15) is 26.3 Å². The lowest BCUT2D eigenvalue weighted by molar-refractivity contribution is 0.431. The van der Waals surface area contributed by atoms with Crippen LogP contribution in [0.4, 0.5) is 10.1 Å². The second-order valence-electron chi connectivity index (χ2n) is 6.46. The van der Waals surface area contributed by atoms with E-state index in [1.54, 1.807) is 12.1 Å². The van der Waals surface area contributed by atoms with Gasteiger partial charge in [-0.1, -0.05) is 6.07 Å². The zero-order valence-corrected chi connectivity index (χ0v) is 16.7. The first-order valence-electron chi connectivity index (χ1n) is 8.16. The highest BCUT2D eigenvalue weighted by atomic mass is 32.2. The number of phenolic OH excluding ortho intramolecular Hbond substituents is 1. The van der Waals surface area contributed by atoms with Crippen molar-refractivity contribution in [3.05, 3.63) is 53.8 Å². The first kappa shape index (κ1) is 21.2. The molecular weight excluding hydrogens is 393 g/mol. The molecule has 2 rings (SSSR count). The molecule has 0 amide bonds. The predicted molar refractivity (Wildman–Crippen MR) is 103 cm³/mol. The molecule has 0 bridgehead atoms. The summed E-state index contributed by atoms with van der Waals surface area (Å²) in [7, 11) is -6.43. The molecule has 2 aromatic carbocycles. The molecule has 9 heteroatoms. The van der Waals surface area contributed by atoms with Crippen LogP contribution in [0.3, 0.4) is 0 Å². The first-order valence-corrected chi connectivity index (χ1v) is 12.1. The minimum atomic E-state index is -3.32. The quantitative estimate of drug-likeness (QED) is 0.712. The van der Waals surface area contributed by atoms with Crippen molar-refractivity contribution in [2.45, 2.75) is 17.9 Å². The van der Waals surface area contributed by atoms with E-state index in [-0.39, 0.29) is 10.6 Å². The summed E-state index contributed by atoms with van der Waals surface area (Å²) in [6, 6.07) is 10.2. The molecule has 0 radical (unpaired) electrons. The van der Waals surface area contributed by atoms with Gasteiger partial charge in [0.1, 0.15) is 9.84 Å². The molecule has 0 aliphatic heterocycles. The van der Waals surface area contributed by atoms with Crippen molar-refractivity contribution in [2.24, 2.45) is 0 Å². The molecule has 0 atom stereocenters. The minimum absolute atomic E-state index is 0.0135. The van der Waals surface area contributed by atoms with Gasteiger partial charge in [0.25, 0.3) is 0 Å². The molecule has 0 spiro atoms. The summed E-state index contributed by atoms with van der Waals surface area (Å²) in [5, 5.41) is 9.55. The fourth-order valence-electron chi connectivity index (χ4n) is 2.60. The van der Waals surface area contributed by atoms with E-state index < -0.39 is 31.2 Å². The van der Waals surface area contributed by atoms with E-state index in [0.29, 0.717) is 30.8 Å². The van der Waals surface area contributed by atoms with Gasteiger partial charge in [0.2, 0.25) is 0 Å². The summed E-state index contributed by atoms with van der Waals surface area (Å²) in [4.78, 5) is 2.03. The van der Waals surface area contributed by atoms with E-state index in [2.05, 4.69) is 0 Å². The molecule has 0 aromatic heterocycles. The van der Waals surface area contributed by atoms with Crippen molar-refractivity contribution in [3.63, 3.8) is 0 Å². The molecule has 2 aromatic rings. The van der Waals surface area contributed by atoms with Gasteiger partial charge in [-0.2, -0.15) is 0 Å². The van der Waals surface area contributed by atoms with Crippen molar-refractivity contribution >= 4 is 25.4 Å². The Bertz CT molecular complexity index is 1000. The van der Waals surface area contributed by atoms with Crippen LogP contribution >= 0.6 is 0 Å². The van der Waals surface area contributed by atoms with Crippen LogP contribution in [0.2, 0.25) is 0 Å². The molecule has 6 nitrogen and oxygen atoms in total. The Hall–Kier alpha value is -2.13. The van der Waals surface area contributed by atoms with Crippen molar-refractivity contribution < 1.29 is 26.3 Å². The number of hydrogen-bond donors (Lipinski definition) is 1. The summed E-state index contributed by atoms with van der Waals surface area (Å²) in [6.07, 6.45) is 2.66. The number of rotatable bonds is 8. The molecular formula is C18H22FNO5S2. The molecule has 0 heterocycles. The largest absolute Gasteiger partial charge is 0.505 e. The minimum Gasteiger partial charge on any atom is -0.505 e. The maximum Gasteiger partial charge on any atom is 0.175 e. The average Bonchev–Trinajstić information content (AvgIpc) is 2.55. The fraction of sp³-hybridized carbons (Fsp3) is 0.333. The SMILES string of the molecule is CS(=O)(=O)CCCN(Cc1ccc(F)c(O)c1)c1ccc(S(C)(=O)=O)cc1. The van der Waals surface area contributed by atoms with Gasteiger partial charge in [0.15, 0.2) is 21.4 Å². The molecule has 1 N–H and O–H groups in total. The van der Waals surface area contributed by atoms with Crippen LogP contribution in [-0.4, -0.2) is 46.8 Å². The lowest BCUT2D eigenvalue weighted by atomic mass is 10.1. The highest BCUT2D eigenvalue weighted by molar-refractivity contribution is 7.91. The molecule has 0 unspecified atom stereocenters. The maximum atomic E-state index is 13.3. The summed E-state index contributed by atoms with van der Waals surface area (Å²) in [5.41, 5.74) is 1.33. The second kappa shape index (κ2) is 8.26. The van der Waals surface area contributed by atoms with Crippen molar-refractivity contribution in [1.29, 1.82) is 0 Å². The van der Waals surface area contributed by atoms with Crippen molar-refractivity contribution in [2.75, 3.05) is 29.7 Å². The third-order valence-corrected chi connectivity index (χ3v) is 6.12. The van der Waals surface area contributed by atoms with E-state index in [1.807, 2.05) is 4.90 Å². The van der Waals surface area contributed by atoms with Gasteiger partial charge in [-0.3, -0.25) is 0 Å². The summed E-state index contributed by atoms with van der Waals surface area (Å²) in [6.45, 7) is 0.694. The van der Waals surface area contributed by atoms with E-state index in [1.165, 1.54) is 24.3 Å². The predicted octanol–water partition coefficient (Wildman–Crippen LogP) is 2.38. The Labute approximate surface area is 159 Å². The lowest BCUT2D eigenvalue weighted by Crippen LogP contribution is -2.25. The van der Waals surface area contributed by atoms with Crippen molar-refractivity contribution in [3.8, 4) is 5.75 Å². The number of nitrogens with zero attached hydrogens (tertiary/aromatic N) is 1. The Morgan fingerprint density at radius 2 is 1.63 bits per heavy atom. The first-order chi connectivity index (χ1) is 12.5. The molecule has 0 saturated carbocycles. The van der Waals surface area contributed by atoms with Gasteiger partial charge in [-0.15, -0.1) is 0 Å². The average molecular weight is 416 g/mol. The topological polar surface area (TPSA) is 91.8 Å². The zero-order chi connectivity index (χ0) is 20.2. The van der Waals surface area contributed by atoms with Crippen LogP contribution in [-0.2, 0) is 26.2 Å². The molecule has 27 heavy (non-hydrogen) atoms. The van der Waals surface area contributed by atoms with Crippen LogP contribution in [0.25, 0.3) is 0 Å². The van der Waals surface area contributed by atoms with Crippen LogP contribution in [0.1, 0.15) is 12.0 Å². The zero-order valence-electron chi connectivity index (χ0n) is 15.1. The number of phenols is 1. The van der Waals surface area contributed by atoms with Crippen LogP contribution in [0.5, 0.6) is 5.75 Å². The van der Waals surface area contributed by atoms with Gasteiger partial charge in [-0.05, 0) is 48.4 Å². The summed E-state index contributed by atoms with van der Waals surface area (Å²) < 4.78 is 59.3. The van der Waals surface area contributed by atoms with E-state index in [0.717, 1.165) is 18.6 Å². The summed E-state index contributed by atoms with van der Waals surface area (Å²) in [5.74, 6) is -1.17. The van der Waals surface area contributed by atoms with Gasteiger partial charge in [-0.25, -0.2) is 21.2 Å². The Kier molecular flexibility index (Phi) is 6.48. The number of anilines is 1. The maximum absolute atomic E-state index is 13.3. The number of benzene rings is 2. The highest BCUT2D eigenvalue weighted by Gasteiger charge is 2.13. The van der Waals surface area contributed by atoms with Gasteiger partial charge in [0.05, 0.1) is 10.6 Å². The molecule has 0 aliphatic rings. The standard InChI is InChI=1S/C18H22FNO5S2/c1-26(22,23)11-3-10-20(13-14-4-9-17(19)18(21)12-14)15-5-7-16(8-6-15)27(2,24)25/h4-9,12,21H,3,10-11,13H2,1-2H3. The lowest BCUT2D eigenvalue weighted by Gasteiger charge is -2.25. The number of aromatic hydroxyl groups is 1. The molecule has 0 aliphatic carbocycles. The Morgan fingerprint density at radius 1 is 1.00 bits per heavy atom. The second-order valence-corrected chi connectivity index (χ2v) is 10.7. The highest BCUT2D eigenvalue weighted by Crippen LogP contribution is 2.23. The smallest absolute Gasteiger partial charge is 0.175 e. The molecule has 0 saturated heterocycles. The monoisotopic (exact) mass is 415 g/mol. The van der Waals surface area contributed by atoms with Gasteiger partial charge < -0.3 is 10.0 Å². The third kappa shape index (κ3) is 6.51. The molecule has 148 valence electrons. The van der Waals surface area contributed by atoms with Crippen LogP contribution in [0.15, 0.2) is 47.4 Å². The normalized spacial score (nSPS) is 12.1. The number of hydrogen-bond acceptors (Lipinski definition) is 6. The number of halogens is 1. The Balaban J connectivity index is 2.26. The Morgan fingerprint density at radius 3 is 2.15 bits per heavy atom. The van der Waals surface area contributed by atoms with Crippen LogP contribution < -0.4 is 4.90 Å². The summed E-state index contributed by atoms with van der Waals surface area (Å²) >= 11 is 0. The van der Waals surface area contributed by atoms with E-state index in [4.69, 9.17) is 0 Å². The van der Waals surface area contributed by atoms with Gasteiger partial charge in [0, 0.05) is 31.3 Å². The molecule has 0 fully saturated rings. The van der Waals surface area contributed by atoms with Gasteiger partial charge >= 0.3 is 0 Å². The van der Waals surface area contributed by atoms with Crippen LogP contribution in [0, 0.1) is 5.82 Å². The fourth-order valence-corrected chi connectivity index (χ4v) is 3.88. The number of sulfone groups is 2.